The van der Waals surface area contributed by atoms with Crippen LogP contribution in [0.25, 0.3) is 0 Å². The lowest BCUT2D eigenvalue weighted by molar-refractivity contribution is 0.0790. The summed E-state index contributed by atoms with van der Waals surface area (Å²) in [7, 11) is 0. The third kappa shape index (κ3) is 3.20. The Balaban J connectivity index is 3.06. The van der Waals surface area contributed by atoms with Crippen molar-refractivity contribution < 1.29 is 9.18 Å². The number of hydrogen-bond acceptors (Lipinski definition) is 4. The Morgan fingerprint density at radius 1 is 1.35 bits per heavy atom. The maximum absolute atomic E-state index is 13.4. The molecule has 1 aromatic rings. The number of halogens is 1. The van der Waals surface area contributed by atoms with Crippen LogP contribution in [0, 0.1) is 28.5 Å². The summed E-state index contributed by atoms with van der Waals surface area (Å²) >= 11 is 4.00. The van der Waals surface area contributed by atoms with Crippen molar-refractivity contribution in [2.75, 3.05) is 13.1 Å². The fourth-order valence-corrected chi connectivity index (χ4v) is 1.42. The van der Waals surface area contributed by atoms with Gasteiger partial charge in [0.25, 0.3) is 5.91 Å². The van der Waals surface area contributed by atoms with Crippen LogP contribution < -0.4 is 0 Å². The lowest BCUT2D eigenvalue weighted by Gasteiger charge is -2.16. The standard InChI is InChI=1S/C11H8FN3OS/c12-10-2-1-8(17)7-9(10)11(16)15(5-3-13)6-4-14/h1-2,7,17H,5-6H2. The third-order valence-electron chi connectivity index (χ3n) is 1.99. The predicted molar refractivity (Wildman–Crippen MR) is 60.8 cm³/mol. The Kier molecular flexibility index (Phi) is 4.50. The Hall–Kier alpha value is -2.05. The molecule has 0 saturated heterocycles. The van der Waals surface area contributed by atoms with Crippen molar-refractivity contribution in [1.29, 1.82) is 10.5 Å². The van der Waals surface area contributed by atoms with Crippen LogP contribution in [-0.4, -0.2) is 23.9 Å². The van der Waals surface area contributed by atoms with E-state index in [9.17, 15) is 9.18 Å². The minimum atomic E-state index is -0.700. The number of amides is 1. The molecule has 0 spiro atoms. The number of nitrogens with zero attached hydrogens (tertiary/aromatic N) is 3. The minimum absolute atomic E-state index is 0.192. The summed E-state index contributed by atoms with van der Waals surface area (Å²) in [5.41, 5.74) is -0.192. The van der Waals surface area contributed by atoms with Crippen LogP contribution in [0.1, 0.15) is 10.4 Å². The van der Waals surface area contributed by atoms with Gasteiger partial charge in [-0.05, 0) is 18.2 Å². The second-order valence-electron chi connectivity index (χ2n) is 3.14. The predicted octanol–water partition coefficient (Wildman–Crippen LogP) is 1.60. The fourth-order valence-electron chi connectivity index (χ4n) is 1.22. The van der Waals surface area contributed by atoms with Crippen molar-refractivity contribution in [2.45, 2.75) is 4.90 Å². The molecular weight excluding hydrogens is 241 g/mol. The Morgan fingerprint density at radius 3 is 2.47 bits per heavy atom. The van der Waals surface area contributed by atoms with Gasteiger partial charge in [-0.15, -0.1) is 12.6 Å². The Morgan fingerprint density at radius 2 is 1.94 bits per heavy atom. The summed E-state index contributed by atoms with van der Waals surface area (Å²) in [6, 6.07) is 7.29. The molecule has 0 aliphatic rings. The topological polar surface area (TPSA) is 67.9 Å². The molecule has 0 atom stereocenters. The first-order chi connectivity index (χ1) is 8.10. The van der Waals surface area contributed by atoms with Crippen molar-refractivity contribution in [3.05, 3.63) is 29.6 Å². The van der Waals surface area contributed by atoms with Gasteiger partial charge in [0.1, 0.15) is 18.9 Å². The van der Waals surface area contributed by atoms with Crippen LogP contribution >= 0.6 is 12.6 Å². The molecule has 0 saturated carbocycles. The van der Waals surface area contributed by atoms with Gasteiger partial charge in [0.15, 0.2) is 0 Å². The second kappa shape index (κ2) is 5.88. The van der Waals surface area contributed by atoms with Gasteiger partial charge in [0.2, 0.25) is 0 Å². The van der Waals surface area contributed by atoms with Crippen LogP contribution in [0.4, 0.5) is 4.39 Å². The molecule has 0 aromatic heterocycles. The maximum atomic E-state index is 13.4. The summed E-state index contributed by atoms with van der Waals surface area (Å²) in [5.74, 6) is -1.39. The van der Waals surface area contributed by atoms with Gasteiger partial charge in [0.05, 0.1) is 17.7 Å². The van der Waals surface area contributed by atoms with Gasteiger partial charge < -0.3 is 4.90 Å². The summed E-state index contributed by atoms with van der Waals surface area (Å²) in [4.78, 5) is 13.2. The summed E-state index contributed by atoms with van der Waals surface area (Å²) < 4.78 is 13.4. The minimum Gasteiger partial charge on any atom is -0.312 e. The van der Waals surface area contributed by atoms with Gasteiger partial charge in [-0.2, -0.15) is 10.5 Å². The molecule has 17 heavy (non-hydrogen) atoms. The molecule has 86 valence electrons. The number of carbonyl (C=O) groups excluding carboxylic acids is 1. The summed E-state index contributed by atoms with van der Waals surface area (Å²) in [6.45, 7) is -0.523. The van der Waals surface area contributed by atoms with Crippen LogP contribution in [0.5, 0.6) is 0 Å². The zero-order valence-corrected chi connectivity index (χ0v) is 9.62. The van der Waals surface area contributed by atoms with E-state index in [-0.39, 0.29) is 18.7 Å². The highest BCUT2D eigenvalue weighted by molar-refractivity contribution is 7.80. The lowest BCUT2D eigenvalue weighted by atomic mass is 10.2. The van der Waals surface area contributed by atoms with Crippen LogP contribution in [0.3, 0.4) is 0 Å². The van der Waals surface area contributed by atoms with Crippen LogP contribution in [0.15, 0.2) is 23.1 Å². The van der Waals surface area contributed by atoms with Gasteiger partial charge in [-0.3, -0.25) is 4.79 Å². The molecular formula is C11H8FN3OS. The average Bonchev–Trinajstić information content (AvgIpc) is 2.31. The van der Waals surface area contributed by atoms with Crippen LogP contribution in [0.2, 0.25) is 0 Å². The van der Waals surface area contributed by atoms with E-state index < -0.39 is 11.7 Å². The molecule has 0 unspecified atom stereocenters. The van der Waals surface area contributed by atoms with Crippen molar-refractivity contribution in [2.24, 2.45) is 0 Å². The number of nitriles is 2. The van der Waals surface area contributed by atoms with Crippen LogP contribution in [-0.2, 0) is 0 Å². The van der Waals surface area contributed by atoms with Gasteiger partial charge >= 0.3 is 0 Å². The zero-order chi connectivity index (χ0) is 12.8. The molecule has 0 aliphatic heterocycles. The number of carbonyl (C=O) groups is 1. The van der Waals surface area contributed by atoms with E-state index in [1.807, 2.05) is 0 Å². The molecule has 1 amide bonds. The summed E-state index contributed by atoms with van der Waals surface area (Å²) in [5, 5.41) is 17.0. The molecule has 0 radical (unpaired) electrons. The number of rotatable bonds is 3. The largest absolute Gasteiger partial charge is 0.312 e. The van der Waals surface area contributed by atoms with E-state index in [1.165, 1.54) is 12.1 Å². The number of thiol groups is 1. The monoisotopic (exact) mass is 249 g/mol. The Labute approximate surface area is 103 Å². The van der Waals surface area contributed by atoms with Gasteiger partial charge in [-0.25, -0.2) is 4.39 Å². The van der Waals surface area contributed by atoms with Gasteiger partial charge in [-0.1, -0.05) is 0 Å². The molecule has 0 bridgehead atoms. The molecule has 0 N–H and O–H groups in total. The molecule has 4 nitrogen and oxygen atoms in total. The van der Waals surface area contributed by atoms with E-state index >= 15 is 0 Å². The van der Waals surface area contributed by atoms with E-state index in [0.29, 0.717) is 4.90 Å². The van der Waals surface area contributed by atoms with E-state index in [1.54, 1.807) is 12.1 Å². The smallest absolute Gasteiger partial charge is 0.258 e. The number of hydrogen-bond donors (Lipinski definition) is 1. The highest BCUT2D eigenvalue weighted by atomic mass is 32.1. The first-order valence-electron chi connectivity index (χ1n) is 4.62. The molecule has 0 fully saturated rings. The highest BCUT2D eigenvalue weighted by Crippen LogP contribution is 2.15. The van der Waals surface area contributed by atoms with Gasteiger partial charge in [0, 0.05) is 4.90 Å². The van der Waals surface area contributed by atoms with E-state index in [4.69, 9.17) is 10.5 Å². The lowest BCUT2D eigenvalue weighted by Crippen LogP contribution is -2.32. The fraction of sp³-hybridized carbons (Fsp3) is 0.182. The van der Waals surface area contributed by atoms with Crippen molar-refractivity contribution in [3.63, 3.8) is 0 Å². The normalized spacial score (nSPS) is 9.18. The van der Waals surface area contributed by atoms with Crippen molar-refractivity contribution in [3.8, 4) is 12.1 Å². The van der Waals surface area contributed by atoms with Crippen molar-refractivity contribution >= 4 is 18.5 Å². The average molecular weight is 249 g/mol. The maximum Gasteiger partial charge on any atom is 0.258 e. The molecule has 6 heteroatoms. The number of benzene rings is 1. The quantitative estimate of drug-likeness (QED) is 0.653. The third-order valence-corrected chi connectivity index (χ3v) is 2.27. The first-order valence-corrected chi connectivity index (χ1v) is 5.06. The molecule has 1 rings (SSSR count). The molecule has 0 aliphatic carbocycles. The van der Waals surface area contributed by atoms with E-state index in [2.05, 4.69) is 12.6 Å². The summed E-state index contributed by atoms with van der Waals surface area (Å²) in [6.07, 6.45) is 0. The molecule has 1 aromatic carbocycles. The zero-order valence-electron chi connectivity index (χ0n) is 8.72. The van der Waals surface area contributed by atoms with Crippen molar-refractivity contribution in [1.82, 2.24) is 4.90 Å². The first kappa shape index (κ1) is 13.0. The second-order valence-corrected chi connectivity index (χ2v) is 3.66. The SMILES string of the molecule is N#CCN(CC#N)C(=O)c1cc(S)ccc1F. The Bertz CT molecular complexity index is 502. The highest BCUT2D eigenvalue weighted by Gasteiger charge is 2.18. The molecule has 0 heterocycles. The van der Waals surface area contributed by atoms with E-state index in [0.717, 1.165) is 11.0 Å².